The van der Waals surface area contributed by atoms with Crippen LogP contribution in [0.15, 0.2) is 22.5 Å². The van der Waals surface area contributed by atoms with Gasteiger partial charge < -0.3 is 0 Å². The van der Waals surface area contributed by atoms with Gasteiger partial charge in [0.2, 0.25) is 9.05 Å². The summed E-state index contributed by atoms with van der Waals surface area (Å²) in [6.45, 7) is 0. The van der Waals surface area contributed by atoms with Gasteiger partial charge in [0.25, 0.3) is 0 Å². The molecule has 0 aliphatic rings. The normalized spacial score (nSPS) is 11.8. The second-order valence-electron chi connectivity index (χ2n) is 3.46. The van der Waals surface area contributed by atoms with Crippen LogP contribution in [0.1, 0.15) is 0 Å². The van der Waals surface area contributed by atoms with E-state index in [1.165, 1.54) is 16.8 Å². The minimum absolute atomic E-state index is 0.0873. The molecule has 0 radical (unpaired) electrons. The number of nitro benzene ring substituents is 1. The summed E-state index contributed by atoms with van der Waals surface area (Å²) in [6, 6.07) is 3.34. The van der Waals surface area contributed by atoms with Crippen LogP contribution < -0.4 is 0 Å². The van der Waals surface area contributed by atoms with Crippen molar-refractivity contribution < 1.29 is 13.3 Å². The first-order valence-corrected chi connectivity index (χ1v) is 9.28. The SMILES string of the molecule is O=[N+]([O-])c1c(SCCS(=O)(=O)Cl)ccc2scnc12. The molecule has 1 heterocycles. The second-order valence-corrected chi connectivity index (χ2v) is 8.38. The highest BCUT2D eigenvalue weighted by atomic mass is 35.7. The average Bonchev–Trinajstić information content (AvgIpc) is 2.74. The monoisotopic (exact) mass is 338 g/mol. The van der Waals surface area contributed by atoms with E-state index in [4.69, 9.17) is 10.7 Å². The molecule has 102 valence electrons. The van der Waals surface area contributed by atoms with Crippen molar-refractivity contribution in [2.24, 2.45) is 0 Å². The number of rotatable bonds is 5. The lowest BCUT2D eigenvalue weighted by atomic mass is 10.3. The average molecular weight is 339 g/mol. The Balaban J connectivity index is 2.32. The van der Waals surface area contributed by atoms with Crippen LogP contribution in [0.25, 0.3) is 10.2 Å². The second kappa shape index (κ2) is 5.61. The Kier molecular flexibility index (Phi) is 4.29. The molecular weight excluding hydrogens is 332 g/mol. The number of fused-ring (bicyclic) bond motifs is 1. The zero-order valence-electron chi connectivity index (χ0n) is 9.28. The molecule has 0 aliphatic carbocycles. The van der Waals surface area contributed by atoms with Crippen LogP contribution >= 0.6 is 33.8 Å². The summed E-state index contributed by atoms with van der Waals surface area (Å²) in [5.41, 5.74) is 1.78. The number of nitro groups is 1. The van der Waals surface area contributed by atoms with Crippen molar-refractivity contribution in [1.29, 1.82) is 0 Å². The topological polar surface area (TPSA) is 90.2 Å². The molecule has 0 spiro atoms. The molecule has 0 atom stereocenters. The molecule has 0 aliphatic heterocycles. The van der Waals surface area contributed by atoms with E-state index in [9.17, 15) is 18.5 Å². The summed E-state index contributed by atoms with van der Waals surface area (Å²) in [5.74, 6) is -0.0895. The number of hydrogen-bond acceptors (Lipinski definition) is 7. The van der Waals surface area contributed by atoms with E-state index >= 15 is 0 Å². The third kappa shape index (κ3) is 3.56. The van der Waals surface area contributed by atoms with Crippen LogP contribution in [0.4, 0.5) is 5.69 Å². The highest BCUT2D eigenvalue weighted by Crippen LogP contribution is 2.36. The number of halogens is 1. The fourth-order valence-corrected chi connectivity index (χ4v) is 4.51. The van der Waals surface area contributed by atoms with Crippen molar-refractivity contribution in [3.63, 3.8) is 0 Å². The van der Waals surface area contributed by atoms with E-state index in [0.29, 0.717) is 10.4 Å². The number of aromatic nitrogens is 1. The van der Waals surface area contributed by atoms with Gasteiger partial charge in [-0.3, -0.25) is 10.1 Å². The Hall–Kier alpha value is -0.900. The van der Waals surface area contributed by atoms with Crippen LogP contribution in [0.3, 0.4) is 0 Å². The highest BCUT2D eigenvalue weighted by molar-refractivity contribution is 8.14. The van der Waals surface area contributed by atoms with Gasteiger partial charge in [-0.2, -0.15) is 0 Å². The van der Waals surface area contributed by atoms with Gasteiger partial charge in [0.1, 0.15) is 0 Å². The lowest BCUT2D eigenvalue weighted by Crippen LogP contribution is -2.00. The summed E-state index contributed by atoms with van der Waals surface area (Å²) >= 11 is 2.39. The molecule has 0 amide bonds. The third-order valence-corrected chi connectivity index (χ3v) is 5.46. The van der Waals surface area contributed by atoms with Crippen molar-refractivity contribution in [3.05, 3.63) is 27.8 Å². The first kappa shape index (κ1) is 14.5. The number of nitrogens with zero attached hydrogens (tertiary/aromatic N) is 2. The summed E-state index contributed by atoms with van der Waals surface area (Å²) in [6.07, 6.45) is 0. The van der Waals surface area contributed by atoms with E-state index in [1.807, 2.05) is 0 Å². The molecule has 10 heteroatoms. The smallest absolute Gasteiger partial charge is 0.258 e. The van der Waals surface area contributed by atoms with Crippen LogP contribution in [0, 0.1) is 10.1 Å². The van der Waals surface area contributed by atoms with Crippen molar-refractivity contribution in [3.8, 4) is 0 Å². The third-order valence-electron chi connectivity index (χ3n) is 2.21. The molecule has 1 aromatic heterocycles. The minimum Gasteiger partial charge on any atom is -0.258 e. The zero-order chi connectivity index (χ0) is 14.0. The van der Waals surface area contributed by atoms with Crippen molar-refractivity contribution in [1.82, 2.24) is 4.98 Å². The molecule has 0 unspecified atom stereocenters. The molecule has 19 heavy (non-hydrogen) atoms. The molecule has 0 bridgehead atoms. The number of hydrogen-bond donors (Lipinski definition) is 0. The summed E-state index contributed by atoms with van der Waals surface area (Å²) in [4.78, 5) is 15.0. The predicted octanol–water partition coefficient (Wildman–Crippen LogP) is 2.87. The van der Waals surface area contributed by atoms with Gasteiger partial charge in [-0.15, -0.1) is 23.1 Å². The van der Waals surface area contributed by atoms with Crippen molar-refractivity contribution >= 4 is 58.7 Å². The van der Waals surface area contributed by atoms with E-state index in [-0.39, 0.29) is 17.2 Å². The van der Waals surface area contributed by atoms with Gasteiger partial charge >= 0.3 is 5.69 Å². The van der Waals surface area contributed by atoms with Crippen molar-refractivity contribution in [2.45, 2.75) is 4.90 Å². The Morgan fingerprint density at radius 2 is 2.21 bits per heavy atom. The Bertz CT molecular complexity index is 728. The first-order chi connectivity index (χ1) is 8.88. The van der Waals surface area contributed by atoms with E-state index < -0.39 is 14.0 Å². The van der Waals surface area contributed by atoms with Crippen LogP contribution in [-0.4, -0.2) is 29.8 Å². The maximum absolute atomic E-state index is 11.1. The lowest BCUT2D eigenvalue weighted by Gasteiger charge is -2.02. The minimum atomic E-state index is -3.59. The molecule has 6 nitrogen and oxygen atoms in total. The predicted molar refractivity (Wildman–Crippen MR) is 76.6 cm³/mol. The standard InChI is InChI=1S/C9H7ClN2O4S3/c10-19(15,16)4-3-17-7-2-1-6-8(11-5-18-6)9(7)12(13)14/h1-2,5H,3-4H2. The van der Waals surface area contributed by atoms with E-state index in [2.05, 4.69) is 4.98 Å². The molecule has 2 rings (SSSR count). The van der Waals surface area contributed by atoms with E-state index in [1.54, 1.807) is 12.1 Å². The number of thioether (sulfide) groups is 1. The summed E-state index contributed by atoms with van der Waals surface area (Å²) in [5, 5.41) is 11.1. The molecule has 0 saturated heterocycles. The molecule has 0 N–H and O–H groups in total. The summed E-state index contributed by atoms with van der Waals surface area (Å²) < 4.78 is 22.4. The molecular formula is C9H7ClN2O4S3. The van der Waals surface area contributed by atoms with Crippen LogP contribution in [0.2, 0.25) is 0 Å². The fourth-order valence-electron chi connectivity index (χ4n) is 1.44. The quantitative estimate of drug-likeness (QED) is 0.360. The van der Waals surface area contributed by atoms with Crippen LogP contribution in [-0.2, 0) is 9.05 Å². The van der Waals surface area contributed by atoms with Gasteiger partial charge in [-0.25, -0.2) is 13.4 Å². The van der Waals surface area contributed by atoms with Gasteiger partial charge in [0.05, 0.1) is 25.8 Å². The highest BCUT2D eigenvalue weighted by Gasteiger charge is 2.21. The Morgan fingerprint density at radius 3 is 2.84 bits per heavy atom. The van der Waals surface area contributed by atoms with Gasteiger partial charge in [0.15, 0.2) is 5.52 Å². The molecule has 1 aromatic carbocycles. The fraction of sp³-hybridized carbons (Fsp3) is 0.222. The number of benzene rings is 1. The Morgan fingerprint density at radius 1 is 1.47 bits per heavy atom. The number of thiazole rings is 1. The lowest BCUT2D eigenvalue weighted by molar-refractivity contribution is -0.386. The first-order valence-electron chi connectivity index (χ1n) is 4.94. The van der Waals surface area contributed by atoms with Crippen LogP contribution in [0.5, 0.6) is 0 Å². The van der Waals surface area contributed by atoms with Gasteiger partial charge in [0, 0.05) is 16.4 Å². The molecule has 2 aromatic rings. The molecule has 0 saturated carbocycles. The molecule has 0 fully saturated rings. The summed E-state index contributed by atoms with van der Waals surface area (Å²) in [7, 11) is 1.50. The maximum Gasteiger partial charge on any atom is 0.309 e. The zero-order valence-corrected chi connectivity index (χ0v) is 12.5. The van der Waals surface area contributed by atoms with Crippen molar-refractivity contribution in [2.75, 3.05) is 11.5 Å². The maximum atomic E-state index is 11.1. The van der Waals surface area contributed by atoms with Gasteiger partial charge in [-0.1, -0.05) is 0 Å². The Labute approximate surface area is 121 Å². The van der Waals surface area contributed by atoms with Gasteiger partial charge in [-0.05, 0) is 12.1 Å². The largest absolute Gasteiger partial charge is 0.309 e. The van der Waals surface area contributed by atoms with E-state index in [0.717, 1.165) is 16.5 Å².